The molecule has 2 aromatic carbocycles. The van der Waals surface area contributed by atoms with E-state index >= 15 is 0 Å². The Morgan fingerprint density at radius 2 is 1.96 bits per heavy atom. The van der Waals surface area contributed by atoms with E-state index in [1.54, 1.807) is 12.1 Å². The van der Waals surface area contributed by atoms with Crippen LogP contribution >= 0.6 is 15.9 Å². The van der Waals surface area contributed by atoms with Gasteiger partial charge in [0.25, 0.3) is 5.91 Å². The number of anilines is 1. The van der Waals surface area contributed by atoms with Crippen LogP contribution < -0.4 is 19.7 Å². The SMILES string of the molecule is C[NH+](CC(=O)Nc1cccc(F)c1)Cc1cc2c(cc1Br)OCCO2. The lowest BCUT2D eigenvalue weighted by Gasteiger charge is -2.21. The first-order chi connectivity index (χ1) is 12.0. The van der Waals surface area contributed by atoms with Gasteiger partial charge in [0.2, 0.25) is 0 Å². The Morgan fingerprint density at radius 1 is 1.24 bits per heavy atom. The van der Waals surface area contributed by atoms with E-state index in [2.05, 4.69) is 21.2 Å². The van der Waals surface area contributed by atoms with Crippen molar-refractivity contribution in [1.29, 1.82) is 0 Å². The highest BCUT2D eigenvalue weighted by Crippen LogP contribution is 2.35. The second-order valence-electron chi connectivity index (χ2n) is 5.96. The summed E-state index contributed by atoms with van der Waals surface area (Å²) < 4.78 is 25.2. The summed E-state index contributed by atoms with van der Waals surface area (Å²) in [5, 5.41) is 2.71. The van der Waals surface area contributed by atoms with Crippen LogP contribution in [-0.4, -0.2) is 32.7 Å². The zero-order valence-electron chi connectivity index (χ0n) is 13.8. The van der Waals surface area contributed by atoms with E-state index in [-0.39, 0.29) is 18.3 Å². The number of nitrogens with one attached hydrogen (secondary N) is 2. The van der Waals surface area contributed by atoms with Crippen LogP contribution in [0, 0.1) is 5.82 Å². The predicted octanol–water partition coefficient (Wildman–Crippen LogP) is 2.01. The molecule has 0 fully saturated rings. The van der Waals surface area contributed by atoms with Crippen LogP contribution in [0.25, 0.3) is 0 Å². The normalized spacial score (nSPS) is 14.0. The molecule has 1 amide bonds. The highest BCUT2D eigenvalue weighted by molar-refractivity contribution is 9.10. The van der Waals surface area contributed by atoms with E-state index in [1.165, 1.54) is 12.1 Å². The molecule has 0 saturated carbocycles. The molecule has 0 radical (unpaired) electrons. The first-order valence-corrected chi connectivity index (χ1v) is 8.75. The second kappa shape index (κ2) is 7.84. The average Bonchev–Trinajstić information content (AvgIpc) is 2.55. The summed E-state index contributed by atoms with van der Waals surface area (Å²) in [4.78, 5) is 13.1. The van der Waals surface area contributed by atoms with Crippen molar-refractivity contribution in [2.24, 2.45) is 0 Å². The first-order valence-electron chi connectivity index (χ1n) is 7.96. The van der Waals surface area contributed by atoms with Crippen molar-refractivity contribution < 1.29 is 23.6 Å². The molecule has 2 N–H and O–H groups in total. The lowest BCUT2D eigenvalue weighted by molar-refractivity contribution is -0.885. The summed E-state index contributed by atoms with van der Waals surface area (Å²) in [6.45, 7) is 1.97. The van der Waals surface area contributed by atoms with Gasteiger partial charge in [0.15, 0.2) is 18.0 Å². The Bertz CT molecular complexity index is 785. The van der Waals surface area contributed by atoms with E-state index in [0.29, 0.717) is 25.4 Å². The minimum absolute atomic E-state index is 0.170. The maximum Gasteiger partial charge on any atom is 0.279 e. The van der Waals surface area contributed by atoms with Gasteiger partial charge in [-0.3, -0.25) is 4.79 Å². The number of rotatable bonds is 5. The van der Waals surface area contributed by atoms with Crippen LogP contribution in [-0.2, 0) is 11.3 Å². The lowest BCUT2D eigenvalue weighted by atomic mass is 10.2. The topological polar surface area (TPSA) is 52.0 Å². The summed E-state index contributed by atoms with van der Waals surface area (Å²) in [6.07, 6.45) is 0. The third-order valence-corrected chi connectivity index (χ3v) is 4.51. The summed E-state index contributed by atoms with van der Waals surface area (Å²) in [7, 11) is 1.93. The van der Waals surface area contributed by atoms with E-state index in [4.69, 9.17) is 9.47 Å². The van der Waals surface area contributed by atoms with E-state index < -0.39 is 0 Å². The minimum Gasteiger partial charge on any atom is -0.486 e. The minimum atomic E-state index is -0.376. The number of amides is 1. The highest BCUT2D eigenvalue weighted by atomic mass is 79.9. The van der Waals surface area contributed by atoms with Gasteiger partial charge in [-0.15, -0.1) is 0 Å². The Balaban J connectivity index is 1.60. The van der Waals surface area contributed by atoms with Crippen LogP contribution in [0.3, 0.4) is 0 Å². The van der Waals surface area contributed by atoms with Gasteiger partial charge in [0.05, 0.1) is 7.05 Å². The first kappa shape index (κ1) is 17.7. The maximum atomic E-state index is 13.2. The monoisotopic (exact) mass is 409 g/mol. The summed E-state index contributed by atoms with van der Waals surface area (Å²) >= 11 is 3.54. The molecule has 1 atom stereocenters. The van der Waals surface area contributed by atoms with Crippen molar-refractivity contribution in [3.05, 3.63) is 52.3 Å². The standard InChI is InChI=1S/C18H18BrFN2O3/c1-22(11-18(23)21-14-4-2-3-13(20)8-14)10-12-7-16-17(9-15(12)19)25-6-5-24-16/h2-4,7-9H,5-6,10-11H2,1H3,(H,21,23)/p+1. The third kappa shape index (κ3) is 4.70. The fourth-order valence-corrected chi connectivity index (χ4v) is 3.14. The van der Waals surface area contributed by atoms with Gasteiger partial charge in [-0.05, 0) is 30.3 Å². The van der Waals surface area contributed by atoms with Gasteiger partial charge in [0.1, 0.15) is 25.6 Å². The van der Waals surface area contributed by atoms with Crippen LogP contribution in [0.4, 0.5) is 10.1 Å². The van der Waals surface area contributed by atoms with Crippen LogP contribution in [0.1, 0.15) is 5.56 Å². The molecule has 1 aliphatic heterocycles. The second-order valence-corrected chi connectivity index (χ2v) is 6.81. The molecule has 25 heavy (non-hydrogen) atoms. The van der Waals surface area contributed by atoms with Gasteiger partial charge >= 0.3 is 0 Å². The molecule has 0 bridgehead atoms. The Hall–Kier alpha value is -2.12. The van der Waals surface area contributed by atoms with Gasteiger partial charge in [-0.2, -0.15) is 0 Å². The molecular formula is C18H19BrFN2O3+. The van der Waals surface area contributed by atoms with Crippen molar-refractivity contribution >= 4 is 27.5 Å². The Labute approximate surface area is 153 Å². The molecule has 0 aliphatic carbocycles. The van der Waals surface area contributed by atoms with Gasteiger partial charge in [0, 0.05) is 15.7 Å². The van der Waals surface area contributed by atoms with Crippen molar-refractivity contribution in [2.45, 2.75) is 6.54 Å². The number of likely N-dealkylation sites (N-methyl/N-ethyl adjacent to an activating group) is 1. The molecule has 0 saturated heterocycles. The number of hydrogen-bond donors (Lipinski definition) is 2. The Morgan fingerprint density at radius 3 is 2.68 bits per heavy atom. The molecule has 3 rings (SSSR count). The molecule has 0 spiro atoms. The molecule has 7 heteroatoms. The molecular weight excluding hydrogens is 391 g/mol. The molecule has 5 nitrogen and oxygen atoms in total. The number of quaternary nitrogens is 1. The van der Waals surface area contributed by atoms with Gasteiger partial charge < -0.3 is 19.7 Å². The number of hydrogen-bond acceptors (Lipinski definition) is 3. The number of carbonyl (C=O) groups is 1. The smallest absolute Gasteiger partial charge is 0.279 e. The van der Waals surface area contributed by atoms with Crippen LogP contribution in [0.2, 0.25) is 0 Å². The number of benzene rings is 2. The van der Waals surface area contributed by atoms with E-state index in [0.717, 1.165) is 26.4 Å². The van der Waals surface area contributed by atoms with Gasteiger partial charge in [-0.25, -0.2) is 4.39 Å². The van der Waals surface area contributed by atoms with Gasteiger partial charge in [-0.1, -0.05) is 22.0 Å². The average molecular weight is 410 g/mol. The van der Waals surface area contributed by atoms with E-state index in [1.807, 2.05) is 19.2 Å². The van der Waals surface area contributed by atoms with Crippen LogP contribution in [0.5, 0.6) is 11.5 Å². The number of fused-ring (bicyclic) bond motifs is 1. The zero-order chi connectivity index (χ0) is 17.8. The lowest BCUT2D eigenvalue weighted by Crippen LogP contribution is -3.08. The van der Waals surface area contributed by atoms with Crippen molar-refractivity contribution in [1.82, 2.24) is 0 Å². The fraction of sp³-hybridized carbons (Fsp3) is 0.278. The van der Waals surface area contributed by atoms with E-state index in [9.17, 15) is 9.18 Å². The number of ether oxygens (including phenoxy) is 2. The summed E-state index contributed by atoms with van der Waals surface area (Å²) in [5.41, 5.74) is 1.48. The highest BCUT2D eigenvalue weighted by Gasteiger charge is 2.18. The summed E-state index contributed by atoms with van der Waals surface area (Å²) in [6, 6.07) is 9.69. The molecule has 0 aromatic heterocycles. The predicted molar refractivity (Wildman–Crippen MR) is 95.6 cm³/mol. The third-order valence-electron chi connectivity index (χ3n) is 3.77. The molecule has 1 aliphatic rings. The molecule has 2 aromatic rings. The zero-order valence-corrected chi connectivity index (χ0v) is 15.4. The number of halogens is 2. The molecule has 1 heterocycles. The maximum absolute atomic E-state index is 13.2. The quantitative estimate of drug-likeness (QED) is 0.793. The van der Waals surface area contributed by atoms with Crippen molar-refractivity contribution in [2.75, 3.05) is 32.1 Å². The molecule has 132 valence electrons. The largest absolute Gasteiger partial charge is 0.486 e. The summed E-state index contributed by atoms with van der Waals surface area (Å²) in [5.74, 6) is 0.903. The number of carbonyl (C=O) groups excluding carboxylic acids is 1. The fourth-order valence-electron chi connectivity index (χ4n) is 2.67. The Kier molecular flexibility index (Phi) is 5.55. The van der Waals surface area contributed by atoms with Crippen molar-refractivity contribution in [3.8, 4) is 11.5 Å². The molecule has 1 unspecified atom stereocenters. The van der Waals surface area contributed by atoms with Crippen molar-refractivity contribution in [3.63, 3.8) is 0 Å². The van der Waals surface area contributed by atoms with Crippen LogP contribution in [0.15, 0.2) is 40.9 Å².